The number of amides is 3. The summed E-state index contributed by atoms with van der Waals surface area (Å²) in [4.78, 5) is 42.2. The van der Waals surface area contributed by atoms with Crippen LogP contribution in [0.3, 0.4) is 0 Å². The normalized spacial score (nSPS) is 17.6. The molecule has 2 aromatic rings. The standard InChI is InChI=1S/C27H33N3O3/c1-20-7-5-6-10-24(20)27(33)30-17-13-23(14-18-30)26(32)29-15-11-22(12-16-29)25(31)28-19-21-8-3-2-4-9-21/h2-10,22-23H,11-19H2,1H3,(H,28,31). The Morgan fingerprint density at radius 2 is 1.36 bits per heavy atom. The SMILES string of the molecule is Cc1ccccc1C(=O)N1CCC(C(=O)N2CCC(C(=O)NCc3ccccc3)CC2)CC1. The fourth-order valence-corrected chi connectivity index (χ4v) is 4.86. The van der Waals surface area contributed by atoms with Crippen LogP contribution in [0, 0.1) is 18.8 Å². The van der Waals surface area contributed by atoms with Gasteiger partial charge < -0.3 is 15.1 Å². The van der Waals surface area contributed by atoms with Crippen molar-refractivity contribution in [3.8, 4) is 0 Å². The highest BCUT2D eigenvalue weighted by Crippen LogP contribution is 2.25. The number of rotatable bonds is 5. The summed E-state index contributed by atoms with van der Waals surface area (Å²) in [6.45, 7) is 4.98. The van der Waals surface area contributed by atoms with E-state index < -0.39 is 0 Å². The van der Waals surface area contributed by atoms with Gasteiger partial charge in [0.25, 0.3) is 5.91 Å². The summed E-state index contributed by atoms with van der Waals surface area (Å²) < 4.78 is 0. The summed E-state index contributed by atoms with van der Waals surface area (Å²) in [5.74, 6) is 0.247. The first-order chi connectivity index (χ1) is 16.0. The molecule has 0 saturated carbocycles. The zero-order valence-corrected chi connectivity index (χ0v) is 19.3. The third kappa shape index (κ3) is 5.62. The Balaban J connectivity index is 1.21. The Bertz CT molecular complexity index is 975. The molecule has 2 heterocycles. The van der Waals surface area contributed by atoms with Gasteiger partial charge in [0.05, 0.1) is 0 Å². The Morgan fingerprint density at radius 3 is 2.03 bits per heavy atom. The van der Waals surface area contributed by atoms with E-state index in [2.05, 4.69) is 5.32 Å². The lowest BCUT2D eigenvalue weighted by atomic mass is 9.91. The molecule has 0 aromatic heterocycles. The van der Waals surface area contributed by atoms with Crippen LogP contribution in [0.25, 0.3) is 0 Å². The average molecular weight is 448 g/mol. The second-order valence-corrected chi connectivity index (χ2v) is 9.18. The van der Waals surface area contributed by atoms with Crippen molar-refractivity contribution in [2.24, 2.45) is 11.8 Å². The molecule has 0 bridgehead atoms. The Labute approximate surface area is 196 Å². The highest BCUT2D eigenvalue weighted by atomic mass is 16.2. The largest absolute Gasteiger partial charge is 0.352 e. The molecule has 2 saturated heterocycles. The van der Waals surface area contributed by atoms with Crippen molar-refractivity contribution in [1.82, 2.24) is 15.1 Å². The van der Waals surface area contributed by atoms with Crippen LogP contribution in [-0.4, -0.2) is 53.7 Å². The molecule has 2 aliphatic rings. The number of aryl methyl sites for hydroxylation is 1. The van der Waals surface area contributed by atoms with Crippen LogP contribution < -0.4 is 5.32 Å². The van der Waals surface area contributed by atoms with Gasteiger partial charge in [-0.1, -0.05) is 48.5 Å². The van der Waals surface area contributed by atoms with Crippen molar-refractivity contribution in [3.05, 3.63) is 71.3 Å². The minimum Gasteiger partial charge on any atom is -0.352 e. The van der Waals surface area contributed by atoms with Crippen LogP contribution in [0.1, 0.15) is 47.2 Å². The van der Waals surface area contributed by atoms with Crippen LogP contribution >= 0.6 is 0 Å². The van der Waals surface area contributed by atoms with Crippen molar-refractivity contribution in [2.45, 2.75) is 39.2 Å². The monoisotopic (exact) mass is 447 g/mol. The third-order valence-electron chi connectivity index (χ3n) is 6.99. The summed E-state index contributed by atoms with van der Waals surface area (Å²) in [5, 5.41) is 3.03. The van der Waals surface area contributed by atoms with E-state index in [1.54, 1.807) is 0 Å². The van der Waals surface area contributed by atoms with E-state index in [9.17, 15) is 14.4 Å². The minimum absolute atomic E-state index is 0.0330. The van der Waals surface area contributed by atoms with E-state index >= 15 is 0 Å². The van der Waals surface area contributed by atoms with Gasteiger partial charge in [-0.05, 0) is 49.8 Å². The molecule has 6 heteroatoms. The van der Waals surface area contributed by atoms with E-state index in [0.717, 1.165) is 16.7 Å². The molecule has 0 spiro atoms. The summed E-state index contributed by atoms with van der Waals surface area (Å²) >= 11 is 0. The third-order valence-corrected chi connectivity index (χ3v) is 6.99. The van der Waals surface area contributed by atoms with Crippen molar-refractivity contribution >= 4 is 17.7 Å². The number of nitrogens with zero attached hydrogens (tertiary/aromatic N) is 2. The number of nitrogens with one attached hydrogen (secondary N) is 1. The fourth-order valence-electron chi connectivity index (χ4n) is 4.86. The number of carbonyl (C=O) groups excluding carboxylic acids is 3. The predicted molar refractivity (Wildman–Crippen MR) is 127 cm³/mol. The van der Waals surface area contributed by atoms with E-state index in [1.165, 1.54) is 0 Å². The maximum absolute atomic E-state index is 13.1. The molecule has 4 rings (SSSR count). The quantitative estimate of drug-likeness (QED) is 0.764. The molecule has 0 radical (unpaired) electrons. The van der Waals surface area contributed by atoms with Gasteiger partial charge in [0, 0.05) is 50.1 Å². The highest BCUT2D eigenvalue weighted by molar-refractivity contribution is 5.95. The van der Waals surface area contributed by atoms with Crippen molar-refractivity contribution in [2.75, 3.05) is 26.2 Å². The Morgan fingerprint density at radius 1 is 0.788 bits per heavy atom. The van der Waals surface area contributed by atoms with Gasteiger partial charge in [0.2, 0.25) is 11.8 Å². The Kier molecular flexibility index (Phi) is 7.43. The van der Waals surface area contributed by atoms with Gasteiger partial charge in [0.15, 0.2) is 0 Å². The van der Waals surface area contributed by atoms with Crippen LogP contribution in [-0.2, 0) is 16.1 Å². The summed E-state index contributed by atoms with van der Waals surface area (Å²) in [6.07, 6.45) is 2.82. The molecule has 0 unspecified atom stereocenters. The average Bonchev–Trinajstić information content (AvgIpc) is 2.87. The first-order valence-electron chi connectivity index (χ1n) is 12.0. The molecule has 1 N–H and O–H groups in total. The van der Waals surface area contributed by atoms with Crippen LogP contribution in [0.5, 0.6) is 0 Å². The zero-order chi connectivity index (χ0) is 23.2. The second-order valence-electron chi connectivity index (χ2n) is 9.18. The lowest BCUT2D eigenvalue weighted by Gasteiger charge is -2.37. The molecule has 2 aliphatic heterocycles. The van der Waals surface area contributed by atoms with Crippen LogP contribution in [0.15, 0.2) is 54.6 Å². The fraction of sp³-hybridized carbons (Fsp3) is 0.444. The number of piperidine rings is 2. The van der Waals surface area contributed by atoms with Gasteiger partial charge in [-0.3, -0.25) is 14.4 Å². The minimum atomic E-state index is -0.0358. The molecule has 3 amide bonds. The maximum atomic E-state index is 13.1. The molecule has 2 aromatic carbocycles. The predicted octanol–water partition coefficient (Wildman–Crippen LogP) is 3.40. The van der Waals surface area contributed by atoms with Crippen molar-refractivity contribution in [3.63, 3.8) is 0 Å². The molecule has 0 atom stereocenters. The molecule has 174 valence electrons. The van der Waals surface area contributed by atoms with E-state index in [-0.39, 0.29) is 29.6 Å². The van der Waals surface area contributed by atoms with Crippen LogP contribution in [0.2, 0.25) is 0 Å². The number of hydrogen-bond acceptors (Lipinski definition) is 3. The zero-order valence-electron chi connectivity index (χ0n) is 19.3. The smallest absolute Gasteiger partial charge is 0.254 e. The molecule has 33 heavy (non-hydrogen) atoms. The first-order valence-corrected chi connectivity index (χ1v) is 12.0. The highest BCUT2D eigenvalue weighted by Gasteiger charge is 2.33. The Hall–Kier alpha value is -3.15. The molecular formula is C27H33N3O3. The molecule has 0 aliphatic carbocycles. The molecular weight excluding hydrogens is 414 g/mol. The maximum Gasteiger partial charge on any atom is 0.254 e. The van der Waals surface area contributed by atoms with Gasteiger partial charge in [-0.2, -0.15) is 0 Å². The molecule has 2 fully saturated rings. The van der Waals surface area contributed by atoms with E-state index in [4.69, 9.17) is 0 Å². The van der Waals surface area contributed by atoms with Gasteiger partial charge in [0.1, 0.15) is 0 Å². The van der Waals surface area contributed by atoms with E-state index in [0.29, 0.717) is 58.4 Å². The number of carbonyl (C=O) groups is 3. The van der Waals surface area contributed by atoms with Crippen molar-refractivity contribution in [1.29, 1.82) is 0 Å². The van der Waals surface area contributed by atoms with Gasteiger partial charge in [-0.25, -0.2) is 0 Å². The van der Waals surface area contributed by atoms with Crippen molar-refractivity contribution < 1.29 is 14.4 Å². The number of likely N-dealkylation sites (tertiary alicyclic amines) is 2. The van der Waals surface area contributed by atoms with Gasteiger partial charge >= 0.3 is 0 Å². The first kappa shape index (κ1) is 23.0. The summed E-state index contributed by atoms with van der Waals surface area (Å²) in [7, 11) is 0. The summed E-state index contributed by atoms with van der Waals surface area (Å²) in [5.41, 5.74) is 2.82. The second kappa shape index (κ2) is 10.6. The topological polar surface area (TPSA) is 69.7 Å². The number of hydrogen-bond donors (Lipinski definition) is 1. The van der Waals surface area contributed by atoms with E-state index in [1.807, 2.05) is 71.3 Å². The number of benzene rings is 2. The lowest BCUT2D eigenvalue weighted by molar-refractivity contribution is -0.140. The van der Waals surface area contributed by atoms with Crippen LogP contribution in [0.4, 0.5) is 0 Å². The molecule has 6 nitrogen and oxygen atoms in total. The summed E-state index contributed by atoms with van der Waals surface area (Å²) in [6, 6.07) is 17.6. The van der Waals surface area contributed by atoms with Gasteiger partial charge in [-0.15, -0.1) is 0 Å². The lowest BCUT2D eigenvalue weighted by Crippen LogP contribution is -2.48.